The van der Waals surface area contributed by atoms with Crippen LogP contribution in [0, 0.1) is 5.82 Å². The second-order valence-corrected chi connectivity index (χ2v) is 7.35. The van der Waals surface area contributed by atoms with Gasteiger partial charge in [-0.3, -0.25) is 14.4 Å². The smallest absolute Gasteiger partial charge is 0.289 e. The molecule has 1 fully saturated rings. The zero-order chi connectivity index (χ0) is 21.8. The van der Waals surface area contributed by atoms with E-state index in [-0.39, 0.29) is 35.2 Å². The number of benzene rings is 1. The number of halogens is 1. The van der Waals surface area contributed by atoms with E-state index in [1.54, 1.807) is 52.4 Å². The monoisotopic (exact) mass is 423 g/mol. The van der Waals surface area contributed by atoms with E-state index in [1.165, 1.54) is 22.8 Å². The minimum Gasteiger partial charge on any atom is -0.454 e. The first kappa shape index (κ1) is 20.6. The Balaban J connectivity index is 1.41. The summed E-state index contributed by atoms with van der Waals surface area (Å²) in [6.45, 7) is 1.78. The van der Waals surface area contributed by atoms with Gasteiger partial charge in [-0.2, -0.15) is 0 Å². The lowest BCUT2D eigenvalue weighted by Gasteiger charge is -2.22. The number of amides is 2. The van der Waals surface area contributed by atoms with Crippen LogP contribution in [0.2, 0.25) is 0 Å². The summed E-state index contributed by atoms with van der Waals surface area (Å²) < 4.78 is 21.1. The van der Waals surface area contributed by atoms with Gasteiger partial charge in [-0.1, -0.05) is 18.2 Å². The Bertz CT molecular complexity index is 1150. The van der Waals surface area contributed by atoms with Crippen molar-refractivity contribution >= 4 is 11.8 Å². The molecule has 0 bridgehead atoms. The third-order valence-corrected chi connectivity index (χ3v) is 5.27. The summed E-state index contributed by atoms with van der Waals surface area (Å²) in [7, 11) is 0. The predicted octanol–water partition coefficient (Wildman–Crippen LogP) is 2.62. The molecule has 4 rings (SSSR count). The molecule has 1 aliphatic heterocycles. The molecule has 0 saturated carbocycles. The van der Waals surface area contributed by atoms with Crippen LogP contribution in [0.25, 0.3) is 0 Å². The van der Waals surface area contributed by atoms with Crippen molar-refractivity contribution in [2.24, 2.45) is 0 Å². The molecular formula is C23H22FN3O4. The van der Waals surface area contributed by atoms with Crippen molar-refractivity contribution in [3.63, 3.8) is 0 Å². The number of hydrogen-bond acceptors (Lipinski definition) is 4. The van der Waals surface area contributed by atoms with Gasteiger partial charge in [0, 0.05) is 38.4 Å². The molecule has 0 spiro atoms. The summed E-state index contributed by atoms with van der Waals surface area (Å²) >= 11 is 0. The van der Waals surface area contributed by atoms with E-state index in [4.69, 9.17) is 4.42 Å². The first-order valence-corrected chi connectivity index (χ1v) is 10.1. The van der Waals surface area contributed by atoms with Gasteiger partial charge in [-0.05, 0) is 36.8 Å². The first-order valence-electron chi connectivity index (χ1n) is 10.1. The summed E-state index contributed by atoms with van der Waals surface area (Å²) in [5.41, 5.74) is -0.118. The first-order chi connectivity index (χ1) is 15.0. The van der Waals surface area contributed by atoms with E-state index < -0.39 is 5.82 Å². The number of carbonyl (C=O) groups excluding carboxylic acids is 2. The predicted molar refractivity (Wildman–Crippen MR) is 111 cm³/mol. The summed E-state index contributed by atoms with van der Waals surface area (Å²) in [5.74, 6) is -0.506. The van der Waals surface area contributed by atoms with E-state index in [0.717, 1.165) is 0 Å². The molecule has 1 saturated heterocycles. The number of rotatable bonds is 4. The Morgan fingerprint density at radius 1 is 0.871 bits per heavy atom. The maximum atomic E-state index is 14.0. The highest BCUT2D eigenvalue weighted by Gasteiger charge is 2.26. The number of carbonyl (C=O) groups is 2. The van der Waals surface area contributed by atoms with Gasteiger partial charge in [0.2, 0.25) is 0 Å². The van der Waals surface area contributed by atoms with Gasteiger partial charge < -0.3 is 18.8 Å². The largest absolute Gasteiger partial charge is 0.454 e. The molecule has 2 aromatic heterocycles. The molecule has 0 aliphatic carbocycles. The van der Waals surface area contributed by atoms with Gasteiger partial charge in [0.25, 0.3) is 17.4 Å². The van der Waals surface area contributed by atoms with Gasteiger partial charge in [0.05, 0.1) is 12.1 Å². The van der Waals surface area contributed by atoms with Crippen LogP contribution in [-0.4, -0.2) is 52.4 Å². The molecule has 0 unspecified atom stereocenters. The van der Waals surface area contributed by atoms with Crippen LogP contribution in [0.1, 0.15) is 33.1 Å². The number of nitrogens with zero attached hydrogens (tertiary/aromatic N) is 3. The van der Waals surface area contributed by atoms with Crippen LogP contribution >= 0.6 is 0 Å². The van der Waals surface area contributed by atoms with Crippen molar-refractivity contribution in [3.05, 3.63) is 94.0 Å². The maximum absolute atomic E-state index is 14.0. The zero-order valence-electron chi connectivity index (χ0n) is 16.9. The Morgan fingerprint density at radius 3 is 2.32 bits per heavy atom. The Labute approximate surface area is 178 Å². The number of aromatic nitrogens is 1. The number of hydrogen-bond donors (Lipinski definition) is 0. The topological polar surface area (TPSA) is 75.8 Å². The van der Waals surface area contributed by atoms with Crippen molar-refractivity contribution in [3.8, 4) is 0 Å². The average molecular weight is 423 g/mol. The van der Waals surface area contributed by atoms with Crippen LogP contribution in [-0.2, 0) is 6.54 Å². The molecule has 0 atom stereocenters. The Hall–Kier alpha value is -3.68. The molecule has 8 heteroatoms. The lowest BCUT2D eigenvalue weighted by Crippen LogP contribution is -2.37. The molecular weight excluding hydrogens is 401 g/mol. The molecule has 1 aromatic carbocycles. The SMILES string of the molecule is O=C(c1ccc(Cn2ccccc2=O)o1)N1CCCN(C(=O)c2ccccc2F)CC1. The molecule has 31 heavy (non-hydrogen) atoms. The molecule has 1 aliphatic rings. The summed E-state index contributed by atoms with van der Waals surface area (Å²) in [6.07, 6.45) is 2.24. The van der Waals surface area contributed by atoms with Gasteiger partial charge in [-0.15, -0.1) is 0 Å². The minimum atomic E-state index is -0.551. The molecule has 2 amide bonds. The summed E-state index contributed by atoms with van der Waals surface area (Å²) in [6, 6.07) is 14.0. The number of furan rings is 1. The lowest BCUT2D eigenvalue weighted by molar-refractivity contribution is 0.0697. The highest BCUT2D eigenvalue weighted by atomic mass is 19.1. The lowest BCUT2D eigenvalue weighted by atomic mass is 10.2. The fraction of sp³-hybridized carbons (Fsp3) is 0.261. The molecule has 160 valence electrons. The minimum absolute atomic E-state index is 0.0362. The van der Waals surface area contributed by atoms with Gasteiger partial charge in [0.1, 0.15) is 11.6 Å². The van der Waals surface area contributed by atoms with E-state index >= 15 is 0 Å². The quantitative estimate of drug-likeness (QED) is 0.647. The van der Waals surface area contributed by atoms with Gasteiger partial charge in [-0.25, -0.2) is 4.39 Å². The highest BCUT2D eigenvalue weighted by Crippen LogP contribution is 2.16. The van der Waals surface area contributed by atoms with Crippen molar-refractivity contribution in [1.82, 2.24) is 14.4 Å². The fourth-order valence-electron chi connectivity index (χ4n) is 3.62. The summed E-state index contributed by atoms with van der Waals surface area (Å²) in [4.78, 5) is 40.6. The van der Waals surface area contributed by atoms with Gasteiger partial charge in [0.15, 0.2) is 5.76 Å². The van der Waals surface area contributed by atoms with Crippen molar-refractivity contribution in [1.29, 1.82) is 0 Å². The van der Waals surface area contributed by atoms with E-state index in [2.05, 4.69) is 0 Å². The average Bonchev–Trinajstić information content (AvgIpc) is 3.10. The van der Waals surface area contributed by atoms with Crippen LogP contribution in [0.3, 0.4) is 0 Å². The third kappa shape index (κ3) is 4.58. The molecule has 7 nitrogen and oxygen atoms in total. The Morgan fingerprint density at radius 2 is 1.58 bits per heavy atom. The van der Waals surface area contributed by atoms with Crippen molar-refractivity contribution in [2.75, 3.05) is 26.2 Å². The molecule has 3 heterocycles. The van der Waals surface area contributed by atoms with Crippen molar-refractivity contribution in [2.45, 2.75) is 13.0 Å². The highest BCUT2D eigenvalue weighted by molar-refractivity contribution is 5.95. The van der Waals surface area contributed by atoms with E-state index in [0.29, 0.717) is 38.4 Å². The third-order valence-electron chi connectivity index (χ3n) is 5.27. The molecule has 0 N–H and O–H groups in total. The second-order valence-electron chi connectivity index (χ2n) is 7.35. The Kier molecular flexibility index (Phi) is 5.97. The van der Waals surface area contributed by atoms with Crippen LogP contribution in [0.5, 0.6) is 0 Å². The summed E-state index contributed by atoms with van der Waals surface area (Å²) in [5, 5.41) is 0. The second kappa shape index (κ2) is 8.99. The maximum Gasteiger partial charge on any atom is 0.289 e. The normalized spacial score (nSPS) is 14.4. The standard InChI is InChI=1S/C23H22FN3O4/c24-19-7-2-1-6-18(19)22(29)25-12-5-13-26(15-14-25)23(30)20-10-9-17(31-20)16-27-11-4-3-8-21(27)28/h1-4,6-11H,5,12-16H2. The van der Waals surface area contributed by atoms with Crippen LogP contribution in [0.4, 0.5) is 4.39 Å². The molecule has 3 aromatic rings. The fourth-order valence-corrected chi connectivity index (χ4v) is 3.62. The van der Waals surface area contributed by atoms with Gasteiger partial charge >= 0.3 is 0 Å². The van der Waals surface area contributed by atoms with Crippen LogP contribution < -0.4 is 5.56 Å². The van der Waals surface area contributed by atoms with Crippen LogP contribution in [0.15, 0.2) is 70.0 Å². The van der Waals surface area contributed by atoms with E-state index in [9.17, 15) is 18.8 Å². The van der Waals surface area contributed by atoms with E-state index in [1.807, 2.05) is 0 Å². The number of pyridine rings is 1. The van der Waals surface area contributed by atoms with Crippen molar-refractivity contribution < 1.29 is 18.4 Å². The molecule has 0 radical (unpaired) electrons. The zero-order valence-corrected chi connectivity index (χ0v) is 16.9.